The van der Waals surface area contributed by atoms with Crippen LogP contribution < -0.4 is 0 Å². The van der Waals surface area contributed by atoms with E-state index in [1.54, 1.807) is 0 Å². The molecule has 172 valence electrons. The lowest BCUT2D eigenvalue weighted by molar-refractivity contribution is 0.590. The summed E-state index contributed by atoms with van der Waals surface area (Å²) in [7, 11) is 0. The molecule has 4 aromatic rings. The van der Waals surface area contributed by atoms with Crippen molar-refractivity contribution in [3.63, 3.8) is 0 Å². The second-order valence-corrected chi connectivity index (χ2v) is 10.2. The normalized spacial score (nSPS) is 18.1. The second kappa shape index (κ2) is 9.19. The van der Waals surface area contributed by atoms with E-state index >= 15 is 0 Å². The predicted octanol–water partition coefficient (Wildman–Crippen LogP) is 9.89. The van der Waals surface area contributed by atoms with Gasteiger partial charge in [0.15, 0.2) is 0 Å². The SMILES string of the molecule is CC1=Cc2c(-c3ccccc3)cccc2C1CCCC1C(C)=Cc2c(-c3ccccc3)cccc21. The Hall–Kier alpha value is -3.64. The van der Waals surface area contributed by atoms with Gasteiger partial charge in [-0.2, -0.15) is 0 Å². The number of hydrogen-bond acceptors (Lipinski definition) is 0. The molecule has 4 aromatic carbocycles. The average molecular weight is 453 g/mol. The number of fused-ring (bicyclic) bond motifs is 2. The van der Waals surface area contributed by atoms with Gasteiger partial charge in [-0.05, 0) is 71.2 Å². The van der Waals surface area contributed by atoms with Crippen LogP contribution in [0.4, 0.5) is 0 Å². The molecule has 35 heavy (non-hydrogen) atoms. The van der Waals surface area contributed by atoms with Gasteiger partial charge in [0.2, 0.25) is 0 Å². The topological polar surface area (TPSA) is 0 Å². The lowest BCUT2D eigenvalue weighted by Gasteiger charge is -2.19. The van der Waals surface area contributed by atoms with E-state index in [4.69, 9.17) is 0 Å². The summed E-state index contributed by atoms with van der Waals surface area (Å²) >= 11 is 0. The molecule has 2 aliphatic carbocycles. The van der Waals surface area contributed by atoms with Crippen LogP contribution in [-0.4, -0.2) is 0 Å². The standard InChI is InChI=1S/C35H32/c1-24-22-34-30(26-12-5-3-6-13-26)18-10-20-32(34)28(24)16-9-17-29-25(2)23-35-31(19-11-21-33(29)35)27-14-7-4-8-15-27/h3-8,10-15,18-23,28-29H,9,16-17H2,1-2H3. The van der Waals surface area contributed by atoms with Crippen molar-refractivity contribution in [1.82, 2.24) is 0 Å². The van der Waals surface area contributed by atoms with Crippen LogP contribution in [0.2, 0.25) is 0 Å². The van der Waals surface area contributed by atoms with Crippen LogP contribution >= 0.6 is 0 Å². The molecule has 2 atom stereocenters. The first kappa shape index (κ1) is 21.9. The van der Waals surface area contributed by atoms with Crippen molar-refractivity contribution in [3.8, 4) is 22.3 Å². The first-order valence-corrected chi connectivity index (χ1v) is 12.9. The smallest absolute Gasteiger partial charge is 0.00549 e. The third kappa shape index (κ3) is 3.98. The Balaban J connectivity index is 1.21. The van der Waals surface area contributed by atoms with Crippen molar-refractivity contribution < 1.29 is 0 Å². The van der Waals surface area contributed by atoms with Crippen molar-refractivity contribution in [2.75, 3.05) is 0 Å². The molecule has 0 bridgehead atoms. The number of rotatable bonds is 6. The summed E-state index contributed by atoms with van der Waals surface area (Å²) in [6.07, 6.45) is 8.53. The minimum absolute atomic E-state index is 0.537. The zero-order valence-corrected chi connectivity index (χ0v) is 20.7. The predicted molar refractivity (Wildman–Crippen MR) is 150 cm³/mol. The number of allylic oxidation sites excluding steroid dienone is 2. The van der Waals surface area contributed by atoms with Gasteiger partial charge in [-0.15, -0.1) is 0 Å². The minimum atomic E-state index is 0.537. The maximum Gasteiger partial charge on any atom is 0.00549 e. The molecule has 0 amide bonds. The molecule has 0 aliphatic heterocycles. The molecular weight excluding hydrogens is 420 g/mol. The summed E-state index contributed by atoms with van der Waals surface area (Å²) in [5, 5.41) is 0. The summed E-state index contributed by atoms with van der Waals surface area (Å²) in [5.41, 5.74) is 14.2. The highest BCUT2D eigenvalue weighted by Crippen LogP contribution is 2.46. The van der Waals surface area contributed by atoms with Crippen LogP contribution in [0.5, 0.6) is 0 Å². The lowest BCUT2D eigenvalue weighted by atomic mass is 9.85. The van der Waals surface area contributed by atoms with Gasteiger partial charge >= 0.3 is 0 Å². The molecule has 0 spiro atoms. The molecule has 0 saturated carbocycles. The Morgan fingerprint density at radius 3 is 1.34 bits per heavy atom. The monoisotopic (exact) mass is 452 g/mol. The Labute approximate surface area is 209 Å². The molecule has 6 rings (SSSR count). The van der Waals surface area contributed by atoms with E-state index in [-0.39, 0.29) is 0 Å². The fourth-order valence-corrected chi connectivity index (χ4v) is 6.27. The highest BCUT2D eigenvalue weighted by Gasteiger charge is 2.27. The Morgan fingerprint density at radius 1 is 0.486 bits per heavy atom. The van der Waals surface area contributed by atoms with Gasteiger partial charge in [0.25, 0.3) is 0 Å². The molecule has 0 fully saturated rings. The summed E-state index contributed by atoms with van der Waals surface area (Å²) in [5.74, 6) is 1.07. The van der Waals surface area contributed by atoms with E-state index in [2.05, 4.69) is 123 Å². The van der Waals surface area contributed by atoms with E-state index in [0.717, 1.165) is 0 Å². The van der Waals surface area contributed by atoms with Crippen molar-refractivity contribution in [1.29, 1.82) is 0 Å². The van der Waals surface area contributed by atoms with Crippen LogP contribution in [0.15, 0.2) is 108 Å². The third-order valence-electron chi connectivity index (χ3n) is 8.03. The molecule has 0 N–H and O–H groups in total. The highest BCUT2D eigenvalue weighted by molar-refractivity contribution is 5.82. The molecule has 0 heteroatoms. The molecule has 2 aliphatic rings. The Kier molecular flexibility index (Phi) is 5.74. The first-order valence-electron chi connectivity index (χ1n) is 12.9. The summed E-state index contributed by atoms with van der Waals surface area (Å²) in [4.78, 5) is 0. The zero-order valence-electron chi connectivity index (χ0n) is 20.7. The van der Waals surface area contributed by atoms with Gasteiger partial charge < -0.3 is 0 Å². The second-order valence-electron chi connectivity index (χ2n) is 10.2. The van der Waals surface area contributed by atoms with Crippen molar-refractivity contribution >= 4 is 12.2 Å². The van der Waals surface area contributed by atoms with Crippen LogP contribution in [0.1, 0.15) is 67.2 Å². The average Bonchev–Trinajstić information content (AvgIpc) is 3.40. The quantitative estimate of drug-likeness (QED) is 0.273. The van der Waals surface area contributed by atoms with Crippen LogP contribution in [-0.2, 0) is 0 Å². The van der Waals surface area contributed by atoms with Crippen molar-refractivity contribution in [2.24, 2.45) is 0 Å². The van der Waals surface area contributed by atoms with Gasteiger partial charge in [-0.1, -0.05) is 127 Å². The highest BCUT2D eigenvalue weighted by atomic mass is 14.3. The van der Waals surface area contributed by atoms with Gasteiger partial charge in [0, 0.05) is 11.8 Å². The molecule has 0 saturated heterocycles. The summed E-state index contributed by atoms with van der Waals surface area (Å²) in [6, 6.07) is 35.4. The van der Waals surface area contributed by atoms with Crippen LogP contribution in [0.3, 0.4) is 0 Å². The summed E-state index contributed by atoms with van der Waals surface area (Å²) in [6.45, 7) is 4.64. The third-order valence-corrected chi connectivity index (χ3v) is 8.03. The van der Waals surface area contributed by atoms with E-state index in [0.29, 0.717) is 11.8 Å². The fraction of sp³-hybridized carbons (Fsp3) is 0.200. The zero-order chi connectivity index (χ0) is 23.8. The number of benzene rings is 4. The fourth-order valence-electron chi connectivity index (χ4n) is 6.27. The molecule has 2 unspecified atom stereocenters. The van der Waals surface area contributed by atoms with Crippen molar-refractivity contribution in [3.05, 3.63) is 130 Å². The number of hydrogen-bond donors (Lipinski definition) is 0. The minimum Gasteiger partial charge on any atom is -0.0652 e. The lowest BCUT2D eigenvalue weighted by Crippen LogP contribution is -2.02. The maximum absolute atomic E-state index is 2.44. The molecule has 0 nitrogen and oxygen atoms in total. The Bertz CT molecular complexity index is 1310. The molecule has 0 radical (unpaired) electrons. The van der Waals surface area contributed by atoms with Crippen LogP contribution in [0, 0.1) is 0 Å². The molecule has 0 aromatic heterocycles. The van der Waals surface area contributed by atoms with E-state index in [1.165, 1.54) is 74.9 Å². The van der Waals surface area contributed by atoms with Gasteiger partial charge in [0.05, 0.1) is 0 Å². The summed E-state index contributed by atoms with van der Waals surface area (Å²) < 4.78 is 0. The molecular formula is C35H32. The van der Waals surface area contributed by atoms with E-state index in [1.807, 2.05) is 0 Å². The maximum atomic E-state index is 2.44. The molecule has 0 heterocycles. The van der Waals surface area contributed by atoms with Gasteiger partial charge in [-0.25, -0.2) is 0 Å². The van der Waals surface area contributed by atoms with Gasteiger partial charge in [0.1, 0.15) is 0 Å². The van der Waals surface area contributed by atoms with Crippen LogP contribution in [0.25, 0.3) is 34.4 Å². The largest absolute Gasteiger partial charge is 0.0652 e. The van der Waals surface area contributed by atoms with Gasteiger partial charge in [-0.3, -0.25) is 0 Å². The van der Waals surface area contributed by atoms with E-state index in [9.17, 15) is 0 Å². The Morgan fingerprint density at radius 2 is 0.914 bits per heavy atom. The van der Waals surface area contributed by atoms with Crippen molar-refractivity contribution in [2.45, 2.75) is 44.9 Å². The first-order chi connectivity index (χ1) is 17.2. The van der Waals surface area contributed by atoms with E-state index < -0.39 is 0 Å².